The van der Waals surface area contributed by atoms with Crippen molar-refractivity contribution in [1.82, 2.24) is 0 Å². The van der Waals surface area contributed by atoms with Gasteiger partial charge in [-0.25, -0.2) is 13.7 Å². The van der Waals surface area contributed by atoms with Crippen LogP contribution in [0.3, 0.4) is 0 Å². The van der Waals surface area contributed by atoms with Crippen LogP contribution in [-0.2, 0) is 36.3 Å². The monoisotopic (exact) mass is 464 g/mol. The quantitative estimate of drug-likeness (QED) is 0.151. The molecular formula is C8H19O12P3S2. The Kier molecular flexibility index (Phi) is 9.62. The maximum Gasteiger partial charge on any atom is 0.490 e. The van der Waals surface area contributed by atoms with Crippen LogP contribution in [0.5, 0.6) is 0 Å². The maximum absolute atomic E-state index is 11.7. The van der Waals surface area contributed by atoms with Gasteiger partial charge in [0.2, 0.25) is 0 Å². The highest BCUT2D eigenvalue weighted by Crippen LogP contribution is 2.66. The van der Waals surface area contributed by atoms with E-state index in [-0.39, 0.29) is 6.10 Å². The van der Waals surface area contributed by atoms with Crippen molar-refractivity contribution in [1.29, 1.82) is 0 Å². The SMILES string of the molecule is CSSCO[C@H]1C[C@H](C)O[C@@H]1COP(=O)(O)OP(=O)(O)OP(=O)(O)O. The second-order valence-electron chi connectivity index (χ2n) is 4.72. The van der Waals surface area contributed by atoms with E-state index in [4.69, 9.17) is 24.2 Å². The van der Waals surface area contributed by atoms with E-state index in [2.05, 4.69) is 13.1 Å². The van der Waals surface area contributed by atoms with E-state index in [1.165, 1.54) is 21.6 Å². The van der Waals surface area contributed by atoms with Crippen molar-refractivity contribution >= 4 is 45.1 Å². The summed E-state index contributed by atoms with van der Waals surface area (Å²) >= 11 is 0. The third-order valence-electron chi connectivity index (χ3n) is 2.65. The molecule has 12 nitrogen and oxygen atoms in total. The highest BCUT2D eigenvalue weighted by molar-refractivity contribution is 8.76. The summed E-state index contributed by atoms with van der Waals surface area (Å²) in [6.07, 6.45) is 1.02. The Bertz CT molecular complexity index is 569. The average molecular weight is 464 g/mol. The van der Waals surface area contributed by atoms with E-state index in [1.807, 2.05) is 6.26 Å². The van der Waals surface area contributed by atoms with Crippen molar-refractivity contribution < 1.29 is 55.9 Å². The first kappa shape index (κ1) is 24.1. The van der Waals surface area contributed by atoms with E-state index in [9.17, 15) is 18.6 Å². The minimum Gasteiger partial charge on any atom is -0.370 e. The molecule has 0 spiro atoms. The van der Waals surface area contributed by atoms with Crippen LogP contribution in [0.15, 0.2) is 0 Å². The molecule has 1 saturated heterocycles. The highest BCUT2D eigenvalue weighted by Gasteiger charge is 2.42. The van der Waals surface area contributed by atoms with Crippen molar-refractivity contribution in [2.45, 2.75) is 31.7 Å². The predicted octanol–water partition coefficient (Wildman–Crippen LogP) is 1.86. The molecule has 5 atom stereocenters. The molecule has 150 valence electrons. The molecule has 2 unspecified atom stereocenters. The Balaban J connectivity index is 2.57. The molecule has 1 aliphatic heterocycles. The number of hydrogen-bond donors (Lipinski definition) is 4. The van der Waals surface area contributed by atoms with Crippen LogP contribution in [0.2, 0.25) is 0 Å². The van der Waals surface area contributed by atoms with Crippen LogP contribution in [0.4, 0.5) is 0 Å². The third-order valence-corrected chi connectivity index (χ3v) is 7.92. The van der Waals surface area contributed by atoms with Crippen molar-refractivity contribution in [2.24, 2.45) is 0 Å². The molecule has 0 aromatic carbocycles. The highest BCUT2D eigenvalue weighted by atomic mass is 33.1. The van der Waals surface area contributed by atoms with Gasteiger partial charge in [-0.1, -0.05) is 21.6 Å². The molecule has 25 heavy (non-hydrogen) atoms. The minimum absolute atomic E-state index is 0.196. The topological polar surface area (TPSA) is 178 Å². The lowest BCUT2D eigenvalue weighted by Gasteiger charge is -2.21. The van der Waals surface area contributed by atoms with Crippen LogP contribution in [0.1, 0.15) is 13.3 Å². The van der Waals surface area contributed by atoms with E-state index in [1.54, 1.807) is 6.92 Å². The number of phosphoric ester groups is 1. The first-order valence-electron chi connectivity index (χ1n) is 6.54. The molecule has 0 radical (unpaired) electrons. The smallest absolute Gasteiger partial charge is 0.370 e. The molecule has 1 rings (SSSR count). The van der Waals surface area contributed by atoms with Gasteiger partial charge in [-0.2, -0.15) is 8.62 Å². The summed E-state index contributed by atoms with van der Waals surface area (Å²) in [7, 11) is -13.2. The summed E-state index contributed by atoms with van der Waals surface area (Å²) in [4.78, 5) is 35.4. The molecule has 1 aliphatic rings. The molecular weight excluding hydrogens is 445 g/mol. The number of rotatable bonds is 11. The summed E-state index contributed by atoms with van der Waals surface area (Å²) in [5.41, 5.74) is 0. The van der Waals surface area contributed by atoms with Crippen LogP contribution in [0, 0.1) is 0 Å². The second-order valence-corrected chi connectivity index (χ2v) is 11.6. The van der Waals surface area contributed by atoms with Crippen molar-refractivity contribution in [3.8, 4) is 0 Å². The molecule has 4 N–H and O–H groups in total. The molecule has 1 heterocycles. The molecule has 1 fully saturated rings. The Labute approximate surface area is 151 Å². The van der Waals surface area contributed by atoms with Crippen molar-refractivity contribution in [3.05, 3.63) is 0 Å². The van der Waals surface area contributed by atoms with Gasteiger partial charge in [0.15, 0.2) is 0 Å². The fourth-order valence-corrected chi connectivity index (χ4v) is 5.69. The zero-order valence-electron chi connectivity index (χ0n) is 13.1. The summed E-state index contributed by atoms with van der Waals surface area (Å²) in [6, 6.07) is 0. The third kappa shape index (κ3) is 10.2. The van der Waals surface area contributed by atoms with Crippen LogP contribution < -0.4 is 0 Å². The molecule has 0 aromatic rings. The average Bonchev–Trinajstić information content (AvgIpc) is 2.73. The lowest BCUT2D eigenvalue weighted by atomic mass is 10.1. The largest absolute Gasteiger partial charge is 0.490 e. The number of hydrogen-bond acceptors (Lipinski definition) is 10. The minimum atomic E-state index is -5.53. The molecule has 0 bridgehead atoms. The van der Waals surface area contributed by atoms with E-state index in [0.717, 1.165) is 0 Å². The zero-order valence-corrected chi connectivity index (χ0v) is 17.4. The number of ether oxygens (including phenoxy) is 2. The van der Waals surface area contributed by atoms with Gasteiger partial charge in [-0.05, 0) is 13.2 Å². The Morgan fingerprint density at radius 2 is 1.76 bits per heavy atom. The van der Waals surface area contributed by atoms with Gasteiger partial charge in [0.25, 0.3) is 0 Å². The summed E-state index contributed by atoms with van der Waals surface area (Å²) in [6.45, 7) is 1.26. The fraction of sp³-hybridized carbons (Fsp3) is 1.00. The van der Waals surface area contributed by atoms with Gasteiger partial charge < -0.3 is 29.0 Å². The van der Waals surface area contributed by atoms with Gasteiger partial charge in [0.1, 0.15) is 12.0 Å². The first-order chi connectivity index (χ1) is 11.3. The van der Waals surface area contributed by atoms with Crippen molar-refractivity contribution in [3.63, 3.8) is 0 Å². The van der Waals surface area contributed by atoms with Crippen LogP contribution in [-0.4, -0.2) is 56.7 Å². The fourth-order valence-electron chi connectivity index (χ4n) is 1.88. The lowest BCUT2D eigenvalue weighted by molar-refractivity contribution is -0.0326. The van der Waals surface area contributed by atoms with Crippen molar-refractivity contribution in [2.75, 3.05) is 18.8 Å². The van der Waals surface area contributed by atoms with E-state index >= 15 is 0 Å². The molecule has 0 aliphatic carbocycles. The normalized spacial score (nSPS) is 29.3. The molecule has 17 heteroatoms. The molecule has 0 amide bonds. The molecule has 0 aromatic heterocycles. The second kappa shape index (κ2) is 9.99. The van der Waals surface area contributed by atoms with E-state index in [0.29, 0.717) is 12.4 Å². The Morgan fingerprint density at radius 3 is 2.32 bits per heavy atom. The summed E-state index contributed by atoms with van der Waals surface area (Å²) in [5.74, 6) is 0.355. The van der Waals surface area contributed by atoms with Gasteiger partial charge in [-0.15, -0.1) is 0 Å². The molecule has 0 saturated carbocycles. The van der Waals surface area contributed by atoms with Gasteiger partial charge >= 0.3 is 23.5 Å². The number of phosphoric acid groups is 3. The van der Waals surface area contributed by atoms with Gasteiger partial charge in [0, 0.05) is 6.42 Å². The maximum atomic E-state index is 11.7. The van der Waals surface area contributed by atoms with Gasteiger partial charge in [-0.3, -0.25) is 4.52 Å². The Morgan fingerprint density at radius 1 is 1.12 bits per heavy atom. The van der Waals surface area contributed by atoms with Gasteiger partial charge in [0.05, 0.1) is 18.8 Å². The van der Waals surface area contributed by atoms with Crippen LogP contribution in [0.25, 0.3) is 0 Å². The van der Waals surface area contributed by atoms with E-state index < -0.39 is 42.3 Å². The zero-order chi connectivity index (χ0) is 19.3. The summed E-state index contributed by atoms with van der Waals surface area (Å²) < 4.78 is 56.3. The Hall–Kier alpha value is 1.03. The van der Waals surface area contributed by atoms with Crippen LogP contribution >= 0.6 is 45.1 Å². The predicted molar refractivity (Wildman–Crippen MR) is 89.6 cm³/mol. The summed E-state index contributed by atoms with van der Waals surface area (Å²) in [5, 5.41) is 0. The lowest BCUT2D eigenvalue weighted by Crippen LogP contribution is -2.28. The first-order valence-corrected chi connectivity index (χ1v) is 13.8. The standard InChI is InChI=1S/C8H19O12P3S2/c1-6-3-7(16-5-25-24-2)8(18-6)4-17-22(12,13)20-23(14,15)19-21(9,10)11/h6-8H,3-5H2,1-2H3,(H,12,13)(H,14,15)(H2,9,10,11)/t6-,7-,8+/m0/s1.